The maximum Gasteiger partial charge on any atom is 0.160 e. The summed E-state index contributed by atoms with van der Waals surface area (Å²) in [4.78, 5) is 10.3. The highest BCUT2D eigenvalue weighted by molar-refractivity contribution is 7.33. The zero-order valence-corrected chi connectivity index (χ0v) is 27.9. The fourth-order valence-corrected chi connectivity index (χ4v) is 9.42. The summed E-state index contributed by atoms with van der Waals surface area (Å²) in [6, 6.07) is 57.9. The van der Waals surface area contributed by atoms with Gasteiger partial charge < -0.3 is 4.57 Å². The van der Waals surface area contributed by atoms with Crippen molar-refractivity contribution in [1.29, 1.82) is 0 Å². The van der Waals surface area contributed by atoms with Crippen molar-refractivity contribution in [3.05, 3.63) is 164 Å². The SMILES string of the molecule is c1ccc(-c2cccc(-c3cc(-c4ccccc4)nc(-c4ccc(-n5c6c7ccccc7sc6c6sc7ccccc7c65)cc4)n3)c2)cc1. The third-order valence-electron chi connectivity index (χ3n) is 9.24. The van der Waals surface area contributed by atoms with Crippen LogP contribution in [-0.4, -0.2) is 14.5 Å². The Morgan fingerprint density at radius 1 is 0.388 bits per heavy atom. The van der Waals surface area contributed by atoms with E-state index < -0.39 is 0 Å². The molecule has 3 nitrogen and oxygen atoms in total. The molecular weight excluding hydrogens is 635 g/mol. The molecule has 230 valence electrons. The Hall–Kier alpha value is -5.88. The fourth-order valence-electron chi connectivity index (χ4n) is 6.91. The van der Waals surface area contributed by atoms with E-state index in [9.17, 15) is 0 Å². The molecule has 5 heteroatoms. The van der Waals surface area contributed by atoms with Gasteiger partial charge in [0.05, 0.1) is 31.8 Å². The first kappa shape index (κ1) is 28.2. The van der Waals surface area contributed by atoms with Gasteiger partial charge in [0.1, 0.15) is 0 Å². The number of hydrogen-bond donors (Lipinski definition) is 0. The number of hydrogen-bond acceptors (Lipinski definition) is 4. The van der Waals surface area contributed by atoms with Gasteiger partial charge in [-0.2, -0.15) is 0 Å². The van der Waals surface area contributed by atoms with Gasteiger partial charge in [-0.1, -0.05) is 115 Å². The highest BCUT2D eigenvalue weighted by Crippen LogP contribution is 2.48. The van der Waals surface area contributed by atoms with Crippen molar-refractivity contribution in [3.8, 4) is 50.7 Å². The molecule has 0 atom stereocenters. The Morgan fingerprint density at radius 3 is 1.53 bits per heavy atom. The monoisotopic (exact) mass is 661 g/mol. The van der Waals surface area contributed by atoms with Gasteiger partial charge in [-0.15, -0.1) is 22.7 Å². The molecule has 49 heavy (non-hydrogen) atoms. The lowest BCUT2D eigenvalue weighted by atomic mass is 10.0. The third-order valence-corrected chi connectivity index (χ3v) is 11.7. The molecule has 10 aromatic rings. The Labute approximate surface area is 291 Å². The lowest BCUT2D eigenvalue weighted by Gasteiger charge is -2.12. The van der Waals surface area contributed by atoms with Gasteiger partial charge in [0.25, 0.3) is 0 Å². The van der Waals surface area contributed by atoms with Gasteiger partial charge >= 0.3 is 0 Å². The maximum absolute atomic E-state index is 5.18. The first-order chi connectivity index (χ1) is 24.3. The number of fused-ring (bicyclic) bond motifs is 7. The summed E-state index contributed by atoms with van der Waals surface area (Å²) in [7, 11) is 0. The van der Waals surface area contributed by atoms with Crippen molar-refractivity contribution in [2.45, 2.75) is 0 Å². The molecule has 0 unspecified atom stereocenters. The van der Waals surface area contributed by atoms with E-state index in [-0.39, 0.29) is 0 Å². The van der Waals surface area contributed by atoms with Gasteiger partial charge in [-0.05, 0) is 59.7 Å². The molecule has 0 aliphatic heterocycles. The topological polar surface area (TPSA) is 30.7 Å². The van der Waals surface area contributed by atoms with Gasteiger partial charge in [0.15, 0.2) is 5.82 Å². The summed E-state index contributed by atoms with van der Waals surface area (Å²) in [5.41, 5.74) is 10.9. The van der Waals surface area contributed by atoms with Crippen LogP contribution in [0.4, 0.5) is 0 Å². The average Bonchev–Trinajstić information content (AvgIpc) is 3.84. The number of rotatable bonds is 5. The van der Waals surface area contributed by atoms with Crippen molar-refractivity contribution in [1.82, 2.24) is 14.5 Å². The van der Waals surface area contributed by atoms with Crippen LogP contribution in [-0.2, 0) is 0 Å². The van der Waals surface area contributed by atoms with Gasteiger partial charge in [-0.3, -0.25) is 0 Å². The standard InChI is InChI=1S/C44H27N3S2/c1-3-12-28(13-4-1)31-16-11-17-32(26-31)37-27-36(29-14-5-2-6-15-29)45-44(46-37)30-22-24-33(25-23-30)47-40-34-18-7-9-20-38(34)48-42(40)43-41(47)35-19-8-10-21-39(35)49-43/h1-27H. The molecule has 0 amide bonds. The summed E-state index contributed by atoms with van der Waals surface area (Å²) in [6.45, 7) is 0. The zero-order chi connectivity index (χ0) is 32.3. The predicted octanol–water partition coefficient (Wildman–Crippen LogP) is 12.7. The van der Waals surface area contributed by atoms with Crippen LogP contribution >= 0.6 is 22.7 Å². The van der Waals surface area contributed by atoms with Crippen LogP contribution in [0.15, 0.2) is 164 Å². The zero-order valence-electron chi connectivity index (χ0n) is 26.2. The highest BCUT2D eigenvalue weighted by atomic mass is 32.1. The van der Waals surface area contributed by atoms with E-state index in [4.69, 9.17) is 9.97 Å². The Kier molecular flexibility index (Phi) is 6.54. The van der Waals surface area contributed by atoms with E-state index >= 15 is 0 Å². The van der Waals surface area contributed by atoms with Crippen LogP contribution in [0.5, 0.6) is 0 Å². The van der Waals surface area contributed by atoms with Crippen LogP contribution in [0, 0.1) is 0 Å². The molecule has 0 aliphatic rings. The van der Waals surface area contributed by atoms with Gasteiger partial charge in [-0.25, -0.2) is 9.97 Å². The summed E-state index contributed by atoms with van der Waals surface area (Å²) >= 11 is 3.78. The Bertz CT molecular complexity index is 2720. The van der Waals surface area contributed by atoms with Crippen LogP contribution < -0.4 is 0 Å². The minimum Gasteiger partial charge on any atom is -0.306 e. The minimum atomic E-state index is 0.706. The van der Waals surface area contributed by atoms with Crippen LogP contribution in [0.3, 0.4) is 0 Å². The molecule has 0 radical (unpaired) electrons. The number of nitrogens with zero attached hydrogens (tertiary/aromatic N) is 3. The highest BCUT2D eigenvalue weighted by Gasteiger charge is 2.22. The van der Waals surface area contributed by atoms with E-state index in [1.54, 1.807) is 0 Å². The smallest absolute Gasteiger partial charge is 0.160 e. The largest absolute Gasteiger partial charge is 0.306 e. The molecule has 6 aromatic carbocycles. The molecule has 0 fully saturated rings. The van der Waals surface area contributed by atoms with Crippen LogP contribution in [0.1, 0.15) is 0 Å². The van der Waals surface area contributed by atoms with E-state index in [1.807, 2.05) is 34.8 Å². The molecule has 0 aliphatic carbocycles. The molecular formula is C44H27N3S2. The van der Waals surface area contributed by atoms with Crippen molar-refractivity contribution < 1.29 is 0 Å². The summed E-state index contributed by atoms with van der Waals surface area (Å²) in [5.74, 6) is 0.706. The lowest BCUT2D eigenvalue weighted by Crippen LogP contribution is -1.97. The van der Waals surface area contributed by atoms with Crippen molar-refractivity contribution in [2.24, 2.45) is 0 Å². The lowest BCUT2D eigenvalue weighted by molar-refractivity contribution is 1.17. The number of aromatic nitrogens is 3. The van der Waals surface area contributed by atoms with E-state index in [0.29, 0.717) is 5.82 Å². The predicted molar refractivity (Wildman–Crippen MR) is 209 cm³/mol. The van der Waals surface area contributed by atoms with Gasteiger partial charge in [0, 0.05) is 42.6 Å². The van der Waals surface area contributed by atoms with E-state index in [1.165, 1.54) is 46.2 Å². The molecule has 0 N–H and O–H groups in total. The Morgan fingerprint density at radius 2 is 0.898 bits per heavy atom. The molecule has 0 saturated carbocycles. The Balaban J connectivity index is 1.14. The van der Waals surface area contributed by atoms with Crippen molar-refractivity contribution >= 4 is 63.3 Å². The van der Waals surface area contributed by atoms with Crippen LogP contribution in [0.2, 0.25) is 0 Å². The van der Waals surface area contributed by atoms with E-state index in [0.717, 1.165) is 39.3 Å². The molecule has 10 rings (SSSR count). The average molecular weight is 662 g/mol. The third kappa shape index (κ3) is 4.70. The minimum absolute atomic E-state index is 0.706. The van der Waals surface area contributed by atoms with Crippen molar-refractivity contribution in [2.75, 3.05) is 0 Å². The molecule has 4 heterocycles. The summed E-state index contributed by atoms with van der Waals surface area (Å²) < 4.78 is 7.79. The normalized spacial score (nSPS) is 11.7. The molecule has 0 saturated heterocycles. The second-order valence-corrected chi connectivity index (χ2v) is 14.3. The first-order valence-corrected chi connectivity index (χ1v) is 18.0. The van der Waals surface area contributed by atoms with E-state index in [2.05, 4.69) is 156 Å². The van der Waals surface area contributed by atoms with Crippen molar-refractivity contribution in [3.63, 3.8) is 0 Å². The first-order valence-electron chi connectivity index (χ1n) is 16.3. The van der Waals surface area contributed by atoms with Crippen LogP contribution in [0.25, 0.3) is 91.3 Å². The quantitative estimate of drug-likeness (QED) is 0.184. The second-order valence-electron chi connectivity index (χ2n) is 12.2. The fraction of sp³-hybridized carbons (Fsp3) is 0. The van der Waals surface area contributed by atoms with Gasteiger partial charge in [0.2, 0.25) is 0 Å². The number of thiophene rings is 2. The maximum atomic E-state index is 5.18. The molecule has 0 bridgehead atoms. The summed E-state index contributed by atoms with van der Waals surface area (Å²) in [5, 5.41) is 2.58. The number of benzene rings is 6. The molecule has 0 spiro atoms. The second kappa shape index (κ2) is 11.4. The molecule has 4 aromatic heterocycles. The summed E-state index contributed by atoms with van der Waals surface area (Å²) in [6.07, 6.45) is 0.